The molecule has 2 N–H and O–H groups in total. The van der Waals surface area contributed by atoms with E-state index in [0.717, 1.165) is 0 Å². The zero-order valence-corrected chi connectivity index (χ0v) is 14.3. The number of carbonyl (C=O) groups is 2. The van der Waals surface area contributed by atoms with Crippen LogP contribution in [0.5, 0.6) is 11.5 Å². The Balaban J connectivity index is 2.57. The monoisotopic (exact) mass is 350 g/mol. The van der Waals surface area contributed by atoms with E-state index in [2.05, 4.69) is 16.6 Å². The van der Waals surface area contributed by atoms with Crippen molar-refractivity contribution in [3.63, 3.8) is 0 Å². The van der Waals surface area contributed by atoms with Crippen LogP contribution in [0.15, 0.2) is 18.2 Å². The first-order chi connectivity index (χ1) is 11.5. The average Bonchev–Trinajstić information content (AvgIpc) is 2.57. The van der Waals surface area contributed by atoms with E-state index in [0.29, 0.717) is 22.1 Å². The van der Waals surface area contributed by atoms with Gasteiger partial charge in [-0.05, 0) is 23.8 Å². The van der Waals surface area contributed by atoms with E-state index in [9.17, 15) is 9.59 Å². The number of hydrogen-bond donors (Lipinski definition) is 2. The van der Waals surface area contributed by atoms with Crippen LogP contribution in [0.4, 0.5) is 0 Å². The lowest BCUT2D eigenvalue weighted by Crippen LogP contribution is -2.30. The Morgan fingerprint density at radius 3 is 2.67 bits per heavy atom. The van der Waals surface area contributed by atoms with Gasteiger partial charge in [-0.2, -0.15) is 0 Å². The maximum Gasteiger partial charge on any atom is 0.244 e. The number of halogens is 1. The smallest absolute Gasteiger partial charge is 0.244 e. The summed E-state index contributed by atoms with van der Waals surface area (Å²) in [5, 5.41) is 5.48. The van der Waals surface area contributed by atoms with Crippen molar-refractivity contribution in [2.45, 2.75) is 6.42 Å². The van der Waals surface area contributed by atoms with Crippen molar-refractivity contribution in [3.05, 3.63) is 28.8 Å². The largest absolute Gasteiger partial charge is 0.493 e. The number of rotatable bonds is 8. The van der Waals surface area contributed by atoms with E-state index in [1.807, 2.05) is 0 Å². The van der Waals surface area contributed by atoms with Crippen LogP contribution in [0.1, 0.15) is 12.0 Å². The number of benzene rings is 1. The molecule has 128 valence electrons. The van der Waals surface area contributed by atoms with Crippen LogP contribution in [0, 0.1) is 12.3 Å². The van der Waals surface area contributed by atoms with Crippen molar-refractivity contribution in [1.82, 2.24) is 10.6 Å². The Hall–Kier alpha value is -2.65. The van der Waals surface area contributed by atoms with Gasteiger partial charge in [0.05, 0.1) is 25.8 Å². The molecular formula is C17H19ClN2O4. The zero-order chi connectivity index (χ0) is 17.9. The summed E-state index contributed by atoms with van der Waals surface area (Å²) in [5.41, 5.74) is 0.680. The number of methoxy groups -OCH3 is 2. The van der Waals surface area contributed by atoms with Crippen molar-refractivity contribution >= 4 is 29.5 Å². The maximum absolute atomic E-state index is 11.7. The lowest BCUT2D eigenvalue weighted by molar-refractivity contribution is -0.121. The molecule has 0 saturated carbocycles. The fourth-order valence-electron chi connectivity index (χ4n) is 1.80. The van der Waals surface area contributed by atoms with Gasteiger partial charge in [-0.15, -0.1) is 6.42 Å². The van der Waals surface area contributed by atoms with Crippen molar-refractivity contribution in [1.29, 1.82) is 0 Å². The first-order valence-electron chi connectivity index (χ1n) is 7.09. The summed E-state index contributed by atoms with van der Waals surface area (Å²) in [6.45, 7) is 0.388. The minimum absolute atomic E-state index is 0.156. The molecule has 6 nitrogen and oxygen atoms in total. The molecular weight excluding hydrogens is 332 g/mol. The number of terminal acetylenes is 1. The molecule has 1 aromatic rings. The molecule has 2 amide bonds. The quantitative estimate of drug-likeness (QED) is 0.552. The molecule has 0 atom stereocenters. The maximum atomic E-state index is 11.7. The number of hydrogen-bond acceptors (Lipinski definition) is 4. The third kappa shape index (κ3) is 6.23. The molecule has 0 aliphatic carbocycles. The molecule has 24 heavy (non-hydrogen) atoms. The molecule has 0 aromatic heterocycles. The van der Waals surface area contributed by atoms with Crippen LogP contribution in [0.3, 0.4) is 0 Å². The van der Waals surface area contributed by atoms with Gasteiger partial charge >= 0.3 is 0 Å². The van der Waals surface area contributed by atoms with Crippen LogP contribution < -0.4 is 20.1 Å². The molecule has 0 spiro atoms. The van der Waals surface area contributed by atoms with Gasteiger partial charge in [0.2, 0.25) is 11.8 Å². The molecule has 0 radical (unpaired) electrons. The van der Waals surface area contributed by atoms with Gasteiger partial charge in [-0.3, -0.25) is 9.59 Å². The molecule has 0 fully saturated rings. The fraction of sp³-hybridized carbons (Fsp3) is 0.294. The summed E-state index contributed by atoms with van der Waals surface area (Å²) >= 11 is 6.09. The average molecular weight is 351 g/mol. The Morgan fingerprint density at radius 2 is 2.04 bits per heavy atom. The number of nitrogens with one attached hydrogen (secondary N) is 2. The summed E-state index contributed by atoms with van der Waals surface area (Å²) in [7, 11) is 2.99. The zero-order valence-electron chi connectivity index (χ0n) is 13.5. The Morgan fingerprint density at radius 1 is 1.29 bits per heavy atom. The minimum Gasteiger partial charge on any atom is -0.493 e. The van der Waals surface area contributed by atoms with E-state index < -0.39 is 0 Å². The molecule has 1 aromatic carbocycles. The van der Waals surface area contributed by atoms with Gasteiger partial charge in [0, 0.05) is 19.0 Å². The first kappa shape index (κ1) is 19.4. The third-order valence-electron chi connectivity index (χ3n) is 2.92. The van der Waals surface area contributed by atoms with Crippen LogP contribution in [-0.2, 0) is 9.59 Å². The Bertz CT molecular complexity index is 665. The lowest BCUT2D eigenvalue weighted by atomic mass is 10.2. The van der Waals surface area contributed by atoms with Crippen molar-refractivity contribution in [3.8, 4) is 23.8 Å². The van der Waals surface area contributed by atoms with Gasteiger partial charge in [0.25, 0.3) is 0 Å². The SMILES string of the molecule is C#CCNC(=O)CCNC(=O)/C=C/c1cc(Cl)c(OC)c(OC)c1. The first-order valence-corrected chi connectivity index (χ1v) is 7.47. The van der Waals surface area contributed by atoms with Crippen LogP contribution in [0.25, 0.3) is 6.08 Å². The van der Waals surface area contributed by atoms with Crippen LogP contribution in [0.2, 0.25) is 5.02 Å². The van der Waals surface area contributed by atoms with E-state index in [1.54, 1.807) is 18.2 Å². The highest BCUT2D eigenvalue weighted by molar-refractivity contribution is 6.32. The third-order valence-corrected chi connectivity index (χ3v) is 3.20. The molecule has 0 unspecified atom stereocenters. The number of ether oxygens (including phenoxy) is 2. The second-order valence-electron chi connectivity index (χ2n) is 4.59. The number of carbonyl (C=O) groups excluding carboxylic acids is 2. The molecule has 0 saturated heterocycles. The summed E-state index contributed by atoms with van der Waals surface area (Å²) in [5.74, 6) is 2.65. The highest BCUT2D eigenvalue weighted by Crippen LogP contribution is 2.36. The Labute approximate surface area is 146 Å². The molecule has 0 bridgehead atoms. The highest BCUT2D eigenvalue weighted by atomic mass is 35.5. The van der Waals surface area contributed by atoms with Crippen molar-refractivity contribution < 1.29 is 19.1 Å². The van der Waals surface area contributed by atoms with E-state index in [-0.39, 0.29) is 31.3 Å². The van der Waals surface area contributed by atoms with Gasteiger partial charge < -0.3 is 20.1 Å². The summed E-state index contributed by atoms with van der Waals surface area (Å²) in [6, 6.07) is 3.35. The number of amides is 2. The summed E-state index contributed by atoms with van der Waals surface area (Å²) < 4.78 is 10.3. The van der Waals surface area contributed by atoms with E-state index in [1.165, 1.54) is 20.3 Å². The highest BCUT2D eigenvalue weighted by Gasteiger charge is 2.09. The predicted octanol–water partition coefficient (Wildman–Crippen LogP) is 1.63. The summed E-state index contributed by atoms with van der Waals surface area (Å²) in [6.07, 6.45) is 8.11. The predicted molar refractivity (Wildman–Crippen MR) is 93.1 cm³/mol. The van der Waals surface area contributed by atoms with Gasteiger partial charge in [-0.25, -0.2) is 0 Å². The lowest BCUT2D eigenvalue weighted by Gasteiger charge is -2.10. The van der Waals surface area contributed by atoms with Gasteiger partial charge in [-0.1, -0.05) is 17.5 Å². The molecule has 7 heteroatoms. The second kappa shape index (κ2) is 10.2. The standard InChI is InChI=1S/C17H19ClN2O4/c1-4-8-19-16(22)7-9-20-15(21)6-5-12-10-13(18)17(24-3)14(11-12)23-2/h1,5-6,10-11H,7-9H2,2-3H3,(H,19,22)(H,20,21)/b6-5+. The summed E-state index contributed by atoms with van der Waals surface area (Å²) in [4.78, 5) is 23.0. The van der Waals surface area contributed by atoms with Gasteiger partial charge in [0.1, 0.15) is 0 Å². The van der Waals surface area contributed by atoms with Crippen LogP contribution in [-0.4, -0.2) is 39.1 Å². The van der Waals surface area contributed by atoms with Crippen molar-refractivity contribution in [2.24, 2.45) is 0 Å². The van der Waals surface area contributed by atoms with Crippen LogP contribution >= 0.6 is 11.6 Å². The molecule has 0 aliphatic heterocycles. The fourth-order valence-corrected chi connectivity index (χ4v) is 2.10. The normalized spacial score (nSPS) is 10.1. The molecule has 1 rings (SSSR count). The Kier molecular flexibility index (Phi) is 8.23. The van der Waals surface area contributed by atoms with E-state index in [4.69, 9.17) is 27.5 Å². The van der Waals surface area contributed by atoms with Gasteiger partial charge in [0.15, 0.2) is 11.5 Å². The molecule has 0 aliphatic rings. The van der Waals surface area contributed by atoms with Crippen molar-refractivity contribution in [2.75, 3.05) is 27.3 Å². The topological polar surface area (TPSA) is 76.7 Å². The van der Waals surface area contributed by atoms with E-state index >= 15 is 0 Å². The second-order valence-corrected chi connectivity index (χ2v) is 5.00. The minimum atomic E-state index is -0.328. The molecule has 0 heterocycles.